The molecule has 3 aromatic carbocycles. The second-order valence-electron chi connectivity index (χ2n) is 9.39. The Labute approximate surface area is 221 Å². The van der Waals surface area contributed by atoms with Crippen LogP contribution < -0.4 is 14.5 Å². The molecule has 0 radical (unpaired) electrons. The lowest BCUT2D eigenvalue weighted by Gasteiger charge is -2.26. The van der Waals surface area contributed by atoms with E-state index in [1.54, 1.807) is 42.5 Å². The molecular weight excluding hydrogens is 484 g/mol. The number of benzene rings is 3. The molecule has 4 rings (SSSR count). The van der Waals surface area contributed by atoms with Gasteiger partial charge >= 0.3 is 5.97 Å². The average Bonchev–Trinajstić information content (AvgIpc) is 3.17. The fraction of sp³-hybridized carbons (Fsp3) is 0.233. The highest BCUT2D eigenvalue weighted by Crippen LogP contribution is 2.43. The number of hydrogen-bond acceptors (Lipinski definition) is 7. The van der Waals surface area contributed by atoms with E-state index in [1.807, 2.05) is 57.1 Å². The Morgan fingerprint density at radius 1 is 0.947 bits per heavy atom. The van der Waals surface area contributed by atoms with Crippen LogP contribution in [0, 0.1) is 0 Å². The first-order chi connectivity index (χ1) is 18.1. The third-order valence-corrected chi connectivity index (χ3v) is 6.19. The van der Waals surface area contributed by atoms with Crippen molar-refractivity contribution in [2.24, 2.45) is 0 Å². The number of aliphatic hydroxyl groups excluding tert-OH is 1. The van der Waals surface area contributed by atoms with Crippen LogP contribution in [0.1, 0.15) is 41.4 Å². The van der Waals surface area contributed by atoms with E-state index < -0.39 is 23.7 Å². The summed E-state index contributed by atoms with van der Waals surface area (Å²) in [5.74, 6) is -2.01. The van der Waals surface area contributed by atoms with Crippen molar-refractivity contribution >= 4 is 34.8 Å². The van der Waals surface area contributed by atoms with Gasteiger partial charge in [-0.1, -0.05) is 30.3 Å². The van der Waals surface area contributed by atoms with Crippen molar-refractivity contribution in [2.75, 3.05) is 31.0 Å². The van der Waals surface area contributed by atoms with Crippen molar-refractivity contribution in [1.82, 2.24) is 0 Å². The van der Waals surface area contributed by atoms with E-state index in [9.17, 15) is 19.5 Å². The molecule has 1 unspecified atom stereocenters. The second-order valence-corrected chi connectivity index (χ2v) is 9.39. The van der Waals surface area contributed by atoms with Crippen molar-refractivity contribution < 1.29 is 29.0 Å². The molecule has 1 amide bonds. The van der Waals surface area contributed by atoms with Gasteiger partial charge in [-0.05, 0) is 61.9 Å². The van der Waals surface area contributed by atoms with E-state index in [2.05, 4.69) is 0 Å². The summed E-state index contributed by atoms with van der Waals surface area (Å²) in [7, 11) is 5.09. The van der Waals surface area contributed by atoms with E-state index in [0.717, 1.165) is 5.69 Å². The molecular formula is C30H30N2O6. The minimum absolute atomic E-state index is 0.0576. The van der Waals surface area contributed by atoms with Gasteiger partial charge in [-0.3, -0.25) is 14.5 Å². The van der Waals surface area contributed by atoms with Crippen LogP contribution in [0.25, 0.3) is 5.76 Å². The number of rotatable bonds is 7. The summed E-state index contributed by atoms with van der Waals surface area (Å²) in [4.78, 5) is 42.3. The Morgan fingerprint density at radius 3 is 2.24 bits per heavy atom. The molecule has 0 aliphatic carbocycles. The van der Waals surface area contributed by atoms with Gasteiger partial charge in [0.2, 0.25) is 0 Å². The summed E-state index contributed by atoms with van der Waals surface area (Å²) >= 11 is 0. The van der Waals surface area contributed by atoms with Gasteiger partial charge in [0, 0.05) is 31.0 Å². The van der Waals surface area contributed by atoms with Gasteiger partial charge in [-0.15, -0.1) is 0 Å². The topological polar surface area (TPSA) is 96.4 Å². The molecule has 1 aliphatic rings. The molecule has 0 bridgehead atoms. The van der Waals surface area contributed by atoms with Crippen LogP contribution in [0.5, 0.6) is 5.75 Å². The maximum atomic E-state index is 13.5. The summed E-state index contributed by atoms with van der Waals surface area (Å²) in [6.45, 7) is 3.77. The number of Topliss-reactive ketones (excluding diaryl/α,β-unsaturated/α-hetero) is 1. The van der Waals surface area contributed by atoms with E-state index >= 15 is 0 Å². The largest absolute Gasteiger partial charge is 0.507 e. The maximum Gasteiger partial charge on any atom is 0.337 e. The second kappa shape index (κ2) is 10.8. The minimum atomic E-state index is -0.936. The maximum absolute atomic E-state index is 13.5. The number of amides is 1. The smallest absolute Gasteiger partial charge is 0.337 e. The van der Waals surface area contributed by atoms with E-state index in [-0.39, 0.29) is 23.0 Å². The lowest BCUT2D eigenvalue weighted by molar-refractivity contribution is -0.132. The molecule has 1 N–H and O–H groups in total. The molecule has 38 heavy (non-hydrogen) atoms. The van der Waals surface area contributed by atoms with Gasteiger partial charge in [0.15, 0.2) is 0 Å². The van der Waals surface area contributed by atoms with E-state index in [4.69, 9.17) is 9.47 Å². The van der Waals surface area contributed by atoms with Gasteiger partial charge in [-0.25, -0.2) is 4.79 Å². The number of ketones is 1. The summed E-state index contributed by atoms with van der Waals surface area (Å²) in [5.41, 5.74) is 2.39. The average molecular weight is 515 g/mol. The first-order valence-electron chi connectivity index (χ1n) is 12.2. The first-order valence-corrected chi connectivity index (χ1v) is 12.2. The molecule has 8 heteroatoms. The monoisotopic (exact) mass is 514 g/mol. The predicted octanol–water partition coefficient (Wildman–Crippen LogP) is 4.95. The number of esters is 1. The number of ether oxygens (including phenoxy) is 2. The molecule has 0 aromatic heterocycles. The molecule has 1 saturated heterocycles. The highest BCUT2D eigenvalue weighted by molar-refractivity contribution is 6.51. The van der Waals surface area contributed by atoms with Crippen LogP contribution in [-0.4, -0.2) is 50.1 Å². The van der Waals surface area contributed by atoms with Crippen LogP contribution in [0.4, 0.5) is 11.4 Å². The normalized spacial score (nSPS) is 16.6. The summed E-state index contributed by atoms with van der Waals surface area (Å²) in [6, 6.07) is 19.5. The SMILES string of the molecule is COC(=O)c1cccc(N2C(=O)C(=O)/C(=C(/O)c3cccc(OC(C)C)c3)C2c2ccc(N(C)C)cc2)c1. The number of anilines is 2. The first kappa shape index (κ1) is 26.5. The molecule has 1 atom stereocenters. The van der Waals surface area contributed by atoms with Crippen LogP contribution in [0.15, 0.2) is 78.4 Å². The lowest BCUT2D eigenvalue weighted by Crippen LogP contribution is -2.29. The van der Waals surface area contributed by atoms with E-state index in [0.29, 0.717) is 22.6 Å². The molecule has 0 spiro atoms. The van der Waals surface area contributed by atoms with Crippen molar-refractivity contribution in [3.63, 3.8) is 0 Å². The van der Waals surface area contributed by atoms with Gasteiger partial charge in [-0.2, -0.15) is 0 Å². The molecule has 0 saturated carbocycles. The van der Waals surface area contributed by atoms with Crippen LogP contribution in [-0.2, 0) is 14.3 Å². The van der Waals surface area contributed by atoms with Crippen LogP contribution in [0.3, 0.4) is 0 Å². The van der Waals surface area contributed by atoms with Gasteiger partial charge in [0.1, 0.15) is 11.5 Å². The Hall–Kier alpha value is -4.59. The van der Waals surface area contributed by atoms with Crippen molar-refractivity contribution in [2.45, 2.75) is 26.0 Å². The summed E-state index contributed by atoms with van der Waals surface area (Å²) in [6.07, 6.45) is -0.0877. The molecule has 1 heterocycles. The summed E-state index contributed by atoms with van der Waals surface area (Å²) in [5, 5.41) is 11.4. The third kappa shape index (κ3) is 5.11. The highest BCUT2D eigenvalue weighted by atomic mass is 16.5. The molecule has 1 fully saturated rings. The summed E-state index contributed by atoms with van der Waals surface area (Å²) < 4.78 is 10.6. The predicted molar refractivity (Wildman–Crippen MR) is 146 cm³/mol. The Balaban J connectivity index is 1.91. The van der Waals surface area contributed by atoms with Gasteiger partial charge < -0.3 is 19.5 Å². The number of carbonyl (C=O) groups is 3. The van der Waals surface area contributed by atoms with Gasteiger partial charge in [0.25, 0.3) is 11.7 Å². The van der Waals surface area contributed by atoms with Crippen molar-refractivity contribution in [3.8, 4) is 5.75 Å². The minimum Gasteiger partial charge on any atom is -0.507 e. The molecule has 3 aromatic rings. The van der Waals surface area contributed by atoms with E-state index in [1.165, 1.54) is 18.1 Å². The number of carbonyl (C=O) groups excluding carboxylic acids is 3. The molecule has 8 nitrogen and oxygen atoms in total. The number of aliphatic hydroxyl groups is 1. The number of hydrogen-bond donors (Lipinski definition) is 1. The van der Waals surface area contributed by atoms with Crippen LogP contribution >= 0.6 is 0 Å². The van der Waals surface area contributed by atoms with Crippen LogP contribution in [0.2, 0.25) is 0 Å². The van der Waals surface area contributed by atoms with Crippen molar-refractivity contribution in [1.29, 1.82) is 0 Å². The quantitative estimate of drug-likeness (QED) is 0.206. The zero-order valence-electron chi connectivity index (χ0n) is 22.0. The van der Waals surface area contributed by atoms with Crippen molar-refractivity contribution in [3.05, 3.63) is 95.1 Å². The number of methoxy groups -OCH3 is 1. The zero-order valence-corrected chi connectivity index (χ0v) is 22.0. The Bertz CT molecular complexity index is 1410. The fourth-order valence-corrected chi connectivity index (χ4v) is 4.41. The Morgan fingerprint density at radius 2 is 1.61 bits per heavy atom. The molecule has 1 aliphatic heterocycles. The standard InChI is InChI=1S/C30H30N2O6/c1-18(2)38-24-11-7-8-20(17-24)27(33)25-26(19-12-14-22(15-13-19)31(3)4)32(29(35)28(25)34)23-10-6-9-21(16-23)30(36)37-5/h6-18,26,33H,1-5H3/b27-25+. The van der Waals surface area contributed by atoms with Gasteiger partial charge in [0.05, 0.1) is 30.4 Å². The highest BCUT2D eigenvalue weighted by Gasteiger charge is 2.47. The fourth-order valence-electron chi connectivity index (χ4n) is 4.41. The number of nitrogens with zero attached hydrogens (tertiary/aromatic N) is 2. The molecule has 196 valence electrons. The zero-order chi connectivity index (χ0) is 27.6. The lowest BCUT2D eigenvalue weighted by atomic mass is 9.94. The Kier molecular flexibility index (Phi) is 7.52. The third-order valence-electron chi connectivity index (χ3n) is 6.19.